The molecule has 2 aromatic carbocycles. The van der Waals surface area contributed by atoms with Crippen LogP contribution in [0.1, 0.15) is 47.9 Å². The van der Waals surface area contributed by atoms with Gasteiger partial charge in [-0.05, 0) is 53.6 Å². The summed E-state index contributed by atoms with van der Waals surface area (Å²) in [6.07, 6.45) is 3.90. The quantitative estimate of drug-likeness (QED) is 0.626. The maximum Gasteiger partial charge on any atom is 0.0711 e. The first-order valence-electron chi connectivity index (χ1n) is 7.19. The maximum atomic E-state index is 6.10. The van der Waals surface area contributed by atoms with Crippen LogP contribution in [0.15, 0.2) is 42.5 Å². The zero-order valence-corrected chi connectivity index (χ0v) is 13.2. The fourth-order valence-corrected chi connectivity index (χ4v) is 3.40. The van der Waals surface area contributed by atoms with E-state index in [0.717, 1.165) is 11.1 Å². The Kier molecular flexibility index (Phi) is 4.51. The molecule has 0 aliphatic heterocycles. The molecule has 0 bridgehead atoms. The number of halogens is 2. The van der Waals surface area contributed by atoms with Gasteiger partial charge in [0.05, 0.1) is 6.04 Å². The van der Waals surface area contributed by atoms with Crippen molar-refractivity contribution in [2.24, 2.45) is 5.84 Å². The lowest BCUT2D eigenvalue weighted by molar-refractivity contribution is 0.419. The van der Waals surface area contributed by atoms with Crippen molar-refractivity contribution in [1.29, 1.82) is 0 Å². The average Bonchev–Trinajstić information content (AvgIpc) is 2.37. The van der Waals surface area contributed by atoms with Gasteiger partial charge in [-0.1, -0.05) is 53.9 Å². The van der Waals surface area contributed by atoms with Crippen LogP contribution in [0.4, 0.5) is 0 Å². The Labute approximate surface area is 135 Å². The van der Waals surface area contributed by atoms with E-state index in [4.69, 9.17) is 29.0 Å². The molecule has 110 valence electrons. The molecule has 1 unspecified atom stereocenters. The first-order chi connectivity index (χ1) is 10.2. The molecular formula is C17H18Cl2N2. The molecule has 1 saturated carbocycles. The third kappa shape index (κ3) is 3.24. The van der Waals surface area contributed by atoms with Gasteiger partial charge in [-0.15, -0.1) is 0 Å². The van der Waals surface area contributed by atoms with Gasteiger partial charge in [0.25, 0.3) is 0 Å². The van der Waals surface area contributed by atoms with Gasteiger partial charge < -0.3 is 0 Å². The van der Waals surface area contributed by atoms with E-state index < -0.39 is 0 Å². The van der Waals surface area contributed by atoms with Crippen molar-refractivity contribution in [3.63, 3.8) is 0 Å². The molecule has 3 rings (SSSR count). The molecule has 0 saturated heterocycles. The molecule has 0 radical (unpaired) electrons. The summed E-state index contributed by atoms with van der Waals surface area (Å²) < 4.78 is 0. The van der Waals surface area contributed by atoms with Crippen LogP contribution in [-0.4, -0.2) is 0 Å². The van der Waals surface area contributed by atoms with Crippen molar-refractivity contribution >= 4 is 23.2 Å². The highest BCUT2D eigenvalue weighted by Crippen LogP contribution is 2.37. The number of benzene rings is 2. The second kappa shape index (κ2) is 6.37. The molecule has 2 nitrogen and oxygen atoms in total. The molecule has 21 heavy (non-hydrogen) atoms. The number of hydrogen-bond donors (Lipinski definition) is 2. The fraction of sp³-hybridized carbons (Fsp3) is 0.294. The van der Waals surface area contributed by atoms with Gasteiger partial charge in [0.1, 0.15) is 0 Å². The summed E-state index contributed by atoms with van der Waals surface area (Å²) in [5.41, 5.74) is 6.38. The van der Waals surface area contributed by atoms with Crippen LogP contribution in [-0.2, 0) is 0 Å². The topological polar surface area (TPSA) is 38.0 Å². The van der Waals surface area contributed by atoms with E-state index in [2.05, 4.69) is 29.7 Å². The smallest absolute Gasteiger partial charge is 0.0711 e. The maximum absolute atomic E-state index is 6.10. The lowest BCUT2D eigenvalue weighted by atomic mass is 9.79. The Bertz CT molecular complexity index is 618. The van der Waals surface area contributed by atoms with Crippen LogP contribution in [0.5, 0.6) is 0 Å². The monoisotopic (exact) mass is 320 g/mol. The van der Waals surface area contributed by atoms with E-state index in [1.54, 1.807) is 6.07 Å². The number of hydrazine groups is 1. The van der Waals surface area contributed by atoms with Crippen molar-refractivity contribution in [2.75, 3.05) is 0 Å². The summed E-state index contributed by atoms with van der Waals surface area (Å²) in [5, 5.41) is 1.24. The SMILES string of the molecule is NNC(c1cc(Cl)cc(Cl)c1)c1cccc(C2CCC2)c1. The second-order valence-corrected chi connectivity index (χ2v) is 6.47. The van der Waals surface area contributed by atoms with Gasteiger partial charge in [-0.2, -0.15) is 0 Å². The summed E-state index contributed by atoms with van der Waals surface area (Å²) in [6, 6.07) is 14.0. The molecule has 2 aromatic rings. The Hall–Kier alpha value is -1.06. The van der Waals surface area contributed by atoms with Crippen LogP contribution in [0, 0.1) is 0 Å². The van der Waals surface area contributed by atoms with E-state index in [0.29, 0.717) is 16.0 Å². The molecule has 0 heterocycles. The Balaban J connectivity index is 1.95. The van der Waals surface area contributed by atoms with Crippen molar-refractivity contribution in [3.8, 4) is 0 Å². The summed E-state index contributed by atoms with van der Waals surface area (Å²) in [7, 11) is 0. The Morgan fingerprint density at radius 1 is 1.00 bits per heavy atom. The highest BCUT2D eigenvalue weighted by Gasteiger charge is 2.21. The second-order valence-electron chi connectivity index (χ2n) is 5.60. The number of nitrogens with two attached hydrogens (primary N) is 1. The van der Waals surface area contributed by atoms with Gasteiger partial charge in [-0.3, -0.25) is 5.84 Å². The molecule has 0 amide bonds. The first kappa shape index (κ1) is 14.9. The third-order valence-electron chi connectivity index (χ3n) is 4.21. The van der Waals surface area contributed by atoms with Gasteiger partial charge >= 0.3 is 0 Å². The number of rotatable bonds is 4. The fourth-order valence-electron chi connectivity index (χ4n) is 2.86. The zero-order valence-electron chi connectivity index (χ0n) is 11.7. The normalized spacial score (nSPS) is 16.5. The van der Waals surface area contributed by atoms with Crippen LogP contribution < -0.4 is 11.3 Å². The average molecular weight is 321 g/mol. The lowest BCUT2D eigenvalue weighted by Gasteiger charge is -2.27. The minimum atomic E-state index is -0.110. The van der Waals surface area contributed by atoms with Crippen LogP contribution in [0.3, 0.4) is 0 Å². The molecule has 1 fully saturated rings. The van der Waals surface area contributed by atoms with Gasteiger partial charge in [0, 0.05) is 10.0 Å². The molecule has 3 N–H and O–H groups in total. The zero-order chi connectivity index (χ0) is 14.8. The third-order valence-corrected chi connectivity index (χ3v) is 4.64. The van der Waals surface area contributed by atoms with Crippen LogP contribution in [0.25, 0.3) is 0 Å². The predicted octanol–water partition coefficient (Wildman–Crippen LogP) is 4.81. The van der Waals surface area contributed by atoms with Crippen LogP contribution >= 0.6 is 23.2 Å². The predicted molar refractivity (Wildman–Crippen MR) is 88.7 cm³/mol. The standard InChI is InChI=1S/C17H18Cl2N2/c18-15-8-14(9-16(19)10-15)17(21-20)13-6-2-5-12(7-13)11-3-1-4-11/h2,5-11,17,21H,1,3-4,20H2. The summed E-state index contributed by atoms with van der Waals surface area (Å²) >= 11 is 12.2. The highest BCUT2D eigenvalue weighted by atomic mass is 35.5. The van der Waals surface area contributed by atoms with E-state index >= 15 is 0 Å². The largest absolute Gasteiger partial charge is 0.271 e. The molecule has 0 aromatic heterocycles. The van der Waals surface area contributed by atoms with Crippen molar-refractivity contribution in [3.05, 3.63) is 69.2 Å². The minimum Gasteiger partial charge on any atom is -0.271 e. The van der Waals surface area contributed by atoms with E-state index in [-0.39, 0.29) is 6.04 Å². The molecule has 1 aliphatic rings. The van der Waals surface area contributed by atoms with Gasteiger partial charge in [0.2, 0.25) is 0 Å². The molecule has 1 aliphatic carbocycles. The Morgan fingerprint density at radius 3 is 2.29 bits per heavy atom. The van der Waals surface area contributed by atoms with E-state index in [1.165, 1.54) is 24.8 Å². The molecule has 0 spiro atoms. The summed E-state index contributed by atoms with van der Waals surface area (Å²) in [5.74, 6) is 6.47. The minimum absolute atomic E-state index is 0.110. The first-order valence-corrected chi connectivity index (χ1v) is 7.95. The van der Waals surface area contributed by atoms with Crippen LogP contribution in [0.2, 0.25) is 10.0 Å². The lowest BCUT2D eigenvalue weighted by Crippen LogP contribution is -2.29. The number of hydrogen-bond acceptors (Lipinski definition) is 2. The molecule has 1 atom stereocenters. The number of nitrogens with one attached hydrogen (secondary N) is 1. The van der Waals surface area contributed by atoms with E-state index in [1.807, 2.05) is 12.1 Å². The highest BCUT2D eigenvalue weighted by molar-refractivity contribution is 6.34. The van der Waals surface area contributed by atoms with E-state index in [9.17, 15) is 0 Å². The molecular weight excluding hydrogens is 303 g/mol. The Morgan fingerprint density at radius 2 is 1.71 bits per heavy atom. The summed E-state index contributed by atoms with van der Waals surface area (Å²) in [4.78, 5) is 0. The van der Waals surface area contributed by atoms with Crippen molar-refractivity contribution in [2.45, 2.75) is 31.2 Å². The van der Waals surface area contributed by atoms with Gasteiger partial charge in [0.15, 0.2) is 0 Å². The summed E-state index contributed by atoms with van der Waals surface area (Å²) in [6.45, 7) is 0. The van der Waals surface area contributed by atoms with Crippen molar-refractivity contribution in [1.82, 2.24) is 5.43 Å². The molecule has 4 heteroatoms. The van der Waals surface area contributed by atoms with Crippen molar-refractivity contribution < 1.29 is 0 Å². The van der Waals surface area contributed by atoms with Gasteiger partial charge in [-0.25, -0.2) is 5.43 Å².